The monoisotopic (exact) mass is 337 g/mol. The molecular weight excluding hydrogens is 322 g/mol. The van der Waals surface area contributed by atoms with Gasteiger partial charge in [0.05, 0.1) is 16.0 Å². The van der Waals surface area contributed by atoms with Crippen LogP contribution >= 0.6 is 0 Å². The van der Waals surface area contributed by atoms with Gasteiger partial charge in [0.1, 0.15) is 5.75 Å². The summed E-state index contributed by atoms with van der Waals surface area (Å²) in [6, 6.07) is 13.2. The van der Waals surface area contributed by atoms with Crippen molar-refractivity contribution in [2.45, 2.75) is 6.04 Å². The van der Waals surface area contributed by atoms with E-state index in [4.69, 9.17) is 0 Å². The van der Waals surface area contributed by atoms with Gasteiger partial charge < -0.3 is 15.7 Å². The van der Waals surface area contributed by atoms with Crippen molar-refractivity contribution in [3.8, 4) is 5.75 Å². The van der Waals surface area contributed by atoms with Crippen LogP contribution in [0.5, 0.6) is 5.75 Å². The molecule has 3 aromatic rings. The quantitative estimate of drug-likeness (QED) is 0.501. The maximum atomic E-state index is 11.8. The highest BCUT2D eigenvalue weighted by Gasteiger charge is 2.39. The highest BCUT2D eigenvalue weighted by molar-refractivity contribution is 5.80. The third-order valence-electron chi connectivity index (χ3n) is 4.26. The number of allylic oxidation sites excluding steroid dienone is 1. The van der Waals surface area contributed by atoms with Crippen molar-refractivity contribution in [1.29, 1.82) is 0 Å². The van der Waals surface area contributed by atoms with Gasteiger partial charge in [0.25, 0.3) is 0 Å². The van der Waals surface area contributed by atoms with E-state index in [0.29, 0.717) is 17.3 Å². The Morgan fingerprint density at radius 1 is 1.24 bits per heavy atom. The number of hydrogen-bond acceptors (Lipinski definition) is 6. The molecule has 25 heavy (non-hydrogen) atoms. The zero-order valence-corrected chi connectivity index (χ0v) is 13.3. The number of phenols is 1. The molecule has 0 radical (unpaired) electrons. The van der Waals surface area contributed by atoms with E-state index in [-0.39, 0.29) is 11.4 Å². The maximum absolute atomic E-state index is 11.8. The molecule has 0 amide bonds. The lowest BCUT2D eigenvalue weighted by molar-refractivity contribution is -0.432. The Labute approximate surface area is 142 Å². The number of nitrogens with one attached hydrogen (secondary N) is 2. The smallest absolute Gasteiger partial charge is 0.313 e. The first-order valence-corrected chi connectivity index (χ1v) is 7.69. The predicted octanol–water partition coefficient (Wildman–Crippen LogP) is 2.42. The molecule has 1 atom stereocenters. The summed E-state index contributed by atoms with van der Waals surface area (Å²) in [5.74, 6) is 0.925. The summed E-state index contributed by atoms with van der Waals surface area (Å²) in [4.78, 5) is 16.0. The van der Waals surface area contributed by atoms with Gasteiger partial charge in [0.2, 0.25) is 5.95 Å². The molecule has 1 aromatic heterocycles. The number of anilines is 1. The van der Waals surface area contributed by atoms with Crippen LogP contribution in [0.2, 0.25) is 0 Å². The Morgan fingerprint density at radius 3 is 2.64 bits per heavy atom. The van der Waals surface area contributed by atoms with E-state index in [2.05, 4.69) is 15.6 Å². The van der Waals surface area contributed by atoms with Crippen LogP contribution in [-0.4, -0.2) is 26.6 Å². The highest BCUT2D eigenvalue weighted by Crippen LogP contribution is 2.38. The molecule has 0 fully saturated rings. The summed E-state index contributed by atoms with van der Waals surface area (Å²) in [5.41, 5.74) is 2.21. The second kappa shape index (κ2) is 5.52. The number of nitro groups is 1. The van der Waals surface area contributed by atoms with E-state index >= 15 is 0 Å². The molecule has 1 aliphatic heterocycles. The van der Waals surface area contributed by atoms with Gasteiger partial charge in [-0.2, -0.15) is 0 Å². The van der Waals surface area contributed by atoms with Gasteiger partial charge in [-0.25, -0.2) is 4.98 Å². The number of imidazole rings is 1. The number of hydrogen-bond donors (Lipinski definition) is 3. The SMILES string of the molecule is CNC1=C([N+](=O)[O-])C(c2ccc(O)cc2)n2c(nc3ccccc32)N1. The Morgan fingerprint density at radius 2 is 1.96 bits per heavy atom. The lowest BCUT2D eigenvalue weighted by Crippen LogP contribution is -2.33. The van der Waals surface area contributed by atoms with Crippen LogP contribution in [0, 0.1) is 10.1 Å². The summed E-state index contributed by atoms with van der Waals surface area (Å²) in [5, 5.41) is 27.3. The molecular formula is C17H15N5O3. The van der Waals surface area contributed by atoms with E-state index in [1.54, 1.807) is 23.7 Å². The molecule has 126 valence electrons. The number of phenolic OH excluding ortho intramolecular Hbond substituents is 1. The number of rotatable bonds is 3. The maximum Gasteiger partial charge on any atom is 0.313 e. The van der Waals surface area contributed by atoms with Crippen molar-refractivity contribution in [2.75, 3.05) is 12.4 Å². The summed E-state index contributed by atoms with van der Waals surface area (Å²) in [6.45, 7) is 0. The topological polar surface area (TPSA) is 105 Å². The number of aromatic hydroxyl groups is 1. The van der Waals surface area contributed by atoms with E-state index in [9.17, 15) is 15.2 Å². The molecule has 0 saturated carbocycles. The highest BCUT2D eigenvalue weighted by atomic mass is 16.6. The van der Waals surface area contributed by atoms with Gasteiger partial charge in [0.15, 0.2) is 11.9 Å². The Bertz CT molecular complexity index is 1010. The van der Waals surface area contributed by atoms with Gasteiger partial charge in [-0.05, 0) is 29.8 Å². The Balaban J connectivity index is 2.03. The summed E-state index contributed by atoms with van der Waals surface area (Å²) >= 11 is 0. The molecule has 0 saturated heterocycles. The Hall–Kier alpha value is -3.55. The minimum Gasteiger partial charge on any atom is -0.508 e. The van der Waals surface area contributed by atoms with Gasteiger partial charge >= 0.3 is 5.70 Å². The van der Waals surface area contributed by atoms with E-state index < -0.39 is 11.0 Å². The lowest BCUT2D eigenvalue weighted by Gasteiger charge is -2.26. The van der Waals surface area contributed by atoms with E-state index in [0.717, 1.165) is 11.0 Å². The van der Waals surface area contributed by atoms with Gasteiger partial charge in [0, 0.05) is 7.05 Å². The molecule has 1 aliphatic rings. The van der Waals surface area contributed by atoms with Crippen molar-refractivity contribution in [1.82, 2.24) is 14.9 Å². The molecule has 0 bridgehead atoms. The van der Waals surface area contributed by atoms with Crippen LogP contribution in [0.4, 0.5) is 5.95 Å². The normalized spacial score (nSPS) is 16.4. The number of nitrogens with zero attached hydrogens (tertiary/aromatic N) is 3. The average molecular weight is 337 g/mol. The first-order valence-electron chi connectivity index (χ1n) is 7.69. The van der Waals surface area contributed by atoms with Crippen molar-refractivity contribution in [3.05, 3.63) is 75.7 Å². The van der Waals surface area contributed by atoms with Gasteiger partial charge in [-0.15, -0.1) is 0 Å². The minimum absolute atomic E-state index is 0.0103. The van der Waals surface area contributed by atoms with Crippen molar-refractivity contribution in [2.24, 2.45) is 0 Å². The fraction of sp³-hybridized carbons (Fsp3) is 0.118. The largest absolute Gasteiger partial charge is 0.508 e. The lowest BCUT2D eigenvalue weighted by atomic mass is 10.0. The van der Waals surface area contributed by atoms with Crippen LogP contribution in [0.15, 0.2) is 60.0 Å². The average Bonchev–Trinajstić information content (AvgIpc) is 2.98. The number of fused-ring (bicyclic) bond motifs is 3. The zero-order chi connectivity index (χ0) is 17.6. The third kappa shape index (κ3) is 2.26. The van der Waals surface area contributed by atoms with Crippen LogP contribution in [0.3, 0.4) is 0 Å². The minimum atomic E-state index is -0.679. The van der Waals surface area contributed by atoms with Gasteiger partial charge in [-0.3, -0.25) is 14.7 Å². The standard InChI is InChI=1S/C17H15N5O3/c1-18-16-15(22(24)25)14(10-6-8-11(23)9-7-10)21-13-5-3-2-4-12(13)19-17(21)20-16/h2-9,14,18,23H,1H3,(H,19,20). The fourth-order valence-electron chi connectivity index (χ4n) is 3.17. The fourth-order valence-corrected chi connectivity index (χ4v) is 3.17. The van der Waals surface area contributed by atoms with Crippen molar-refractivity contribution < 1.29 is 10.0 Å². The predicted molar refractivity (Wildman–Crippen MR) is 92.7 cm³/mol. The number of para-hydroxylation sites is 2. The zero-order valence-electron chi connectivity index (χ0n) is 13.3. The Kier molecular flexibility index (Phi) is 3.31. The molecule has 2 heterocycles. The van der Waals surface area contributed by atoms with Crippen molar-refractivity contribution >= 4 is 17.0 Å². The van der Waals surface area contributed by atoms with Crippen molar-refractivity contribution in [3.63, 3.8) is 0 Å². The van der Waals surface area contributed by atoms with Gasteiger partial charge in [-0.1, -0.05) is 24.3 Å². The second-order valence-electron chi connectivity index (χ2n) is 5.68. The summed E-state index contributed by atoms with van der Waals surface area (Å²) < 4.78 is 1.81. The molecule has 0 aliphatic carbocycles. The van der Waals surface area contributed by atoms with E-state index in [1.165, 1.54) is 12.1 Å². The van der Waals surface area contributed by atoms with E-state index in [1.807, 2.05) is 24.3 Å². The van der Waals surface area contributed by atoms with Crippen LogP contribution < -0.4 is 10.6 Å². The van der Waals surface area contributed by atoms with Crippen LogP contribution in [0.1, 0.15) is 11.6 Å². The molecule has 3 N–H and O–H groups in total. The first-order chi connectivity index (χ1) is 12.1. The molecule has 1 unspecified atom stereocenters. The van der Waals surface area contributed by atoms with Crippen LogP contribution in [0.25, 0.3) is 11.0 Å². The molecule has 8 nitrogen and oxygen atoms in total. The number of aromatic nitrogens is 2. The molecule has 0 spiro atoms. The first kappa shape index (κ1) is 15.0. The summed E-state index contributed by atoms with van der Waals surface area (Å²) in [6.07, 6.45) is 0. The molecule has 4 rings (SSSR count). The second-order valence-corrected chi connectivity index (χ2v) is 5.68. The number of benzene rings is 2. The van der Waals surface area contributed by atoms with Crippen LogP contribution in [-0.2, 0) is 0 Å². The molecule has 8 heteroatoms. The third-order valence-corrected chi connectivity index (χ3v) is 4.26. The molecule has 2 aromatic carbocycles. The summed E-state index contributed by atoms with van der Waals surface area (Å²) in [7, 11) is 1.62.